The number of hydrogen-bond acceptors (Lipinski definition) is 4. The molecule has 1 aromatic heterocycles. The van der Waals surface area contributed by atoms with E-state index >= 15 is 0 Å². The maximum Gasteiger partial charge on any atom is 0.264 e. The van der Waals surface area contributed by atoms with Crippen molar-refractivity contribution < 1.29 is 9.59 Å². The number of amides is 2. The average Bonchev–Trinajstić information content (AvgIpc) is 3.06. The van der Waals surface area contributed by atoms with Crippen LogP contribution in [-0.2, 0) is 4.79 Å². The molecule has 0 aromatic carbocycles. The van der Waals surface area contributed by atoms with Gasteiger partial charge in [0, 0.05) is 19.6 Å². The first kappa shape index (κ1) is 19.9. The van der Waals surface area contributed by atoms with Gasteiger partial charge in [-0.15, -0.1) is 23.7 Å². The van der Waals surface area contributed by atoms with Gasteiger partial charge in [-0.25, -0.2) is 0 Å². The Labute approximate surface area is 148 Å². The van der Waals surface area contributed by atoms with Crippen molar-refractivity contribution in [1.82, 2.24) is 15.1 Å². The molecule has 2 amide bonds. The van der Waals surface area contributed by atoms with Gasteiger partial charge in [0.2, 0.25) is 5.91 Å². The summed E-state index contributed by atoms with van der Waals surface area (Å²) in [7, 11) is 1.70. The minimum absolute atomic E-state index is 0. The van der Waals surface area contributed by atoms with Gasteiger partial charge in [0.15, 0.2) is 0 Å². The number of likely N-dealkylation sites (N-methyl/N-ethyl adjacent to an activating group) is 1. The van der Waals surface area contributed by atoms with E-state index in [1.807, 2.05) is 16.3 Å². The second-order valence-corrected chi connectivity index (χ2v) is 6.65. The van der Waals surface area contributed by atoms with E-state index in [1.54, 1.807) is 13.1 Å². The predicted octanol–water partition coefficient (Wildman–Crippen LogP) is 2.23. The lowest BCUT2D eigenvalue weighted by molar-refractivity contribution is -0.134. The molecule has 0 atom stereocenters. The van der Waals surface area contributed by atoms with Gasteiger partial charge in [-0.3, -0.25) is 9.59 Å². The number of halogens is 1. The van der Waals surface area contributed by atoms with Gasteiger partial charge in [-0.2, -0.15) is 0 Å². The first-order valence-corrected chi connectivity index (χ1v) is 8.80. The number of nitrogens with one attached hydrogen (secondary N) is 1. The van der Waals surface area contributed by atoms with Gasteiger partial charge in [0.05, 0.1) is 11.4 Å². The van der Waals surface area contributed by atoms with Crippen molar-refractivity contribution in [2.45, 2.75) is 32.2 Å². The lowest BCUT2D eigenvalue weighted by Gasteiger charge is -2.35. The third-order valence-corrected chi connectivity index (χ3v) is 4.84. The highest BCUT2D eigenvalue weighted by Gasteiger charge is 2.26. The van der Waals surface area contributed by atoms with Crippen molar-refractivity contribution in [2.75, 3.05) is 33.2 Å². The van der Waals surface area contributed by atoms with Crippen LogP contribution in [0.3, 0.4) is 0 Å². The molecule has 1 aliphatic rings. The van der Waals surface area contributed by atoms with Crippen LogP contribution < -0.4 is 5.32 Å². The molecule has 1 fully saturated rings. The zero-order valence-electron chi connectivity index (χ0n) is 13.8. The van der Waals surface area contributed by atoms with E-state index in [9.17, 15) is 9.59 Å². The molecule has 2 heterocycles. The highest BCUT2D eigenvalue weighted by molar-refractivity contribution is 7.12. The predicted molar refractivity (Wildman–Crippen MR) is 96.4 cm³/mol. The number of nitrogens with zero attached hydrogens (tertiary/aromatic N) is 2. The SMILES string of the molecule is CCCN(C(=O)CN(C)C(=O)c1cccs1)C1CCNCC1.Cl. The zero-order valence-corrected chi connectivity index (χ0v) is 15.4. The van der Waals surface area contributed by atoms with Gasteiger partial charge in [-0.1, -0.05) is 13.0 Å². The van der Waals surface area contributed by atoms with Crippen LogP contribution in [-0.4, -0.2) is 60.9 Å². The van der Waals surface area contributed by atoms with Crippen LogP contribution in [0.25, 0.3) is 0 Å². The number of carbonyl (C=O) groups is 2. The van der Waals surface area contributed by atoms with E-state index in [2.05, 4.69) is 12.2 Å². The fourth-order valence-corrected chi connectivity index (χ4v) is 3.54. The molecule has 2 rings (SSSR count). The molecule has 1 saturated heterocycles. The highest BCUT2D eigenvalue weighted by atomic mass is 35.5. The van der Waals surface area contributed by atoms with Crippen LogP contribution >= 0.6 is 23.7 Å². The summed E-state index contributed by atoms with van der Waals surface area (Å²) >= 11 is 1.41. The zero-order chi connectivity index (χ0) is 15.9. The molecule has 0 aliphatic carbocycles. The molecule has 0 spiro atoms. The highest BCUT2D eigenvalue weighted by Crippen LogP contribution is 2.15. The molecule has 0 bridgehead atoms. The van der Waals surface area contributed by atoms with E-state index in [-0.39, 0.29) is 30.8 Å². The van der Waals surface area contributed by atoms with Gasteiger partial charge in [0.25, 0.3) is 5.91 Å². The molecule has 5 nitrogen and oxygen atoms in total. The second kappa shape index (κ2) is 9.90. The monoisotopic (exact) mass is 359 g/mol. The molecule has 1 aromatic rings. The maximum atomic E-state index is 12.6. The van der Waals surface area contributed by atoms with Crippen LogP contribution in [0.5, 0.6) is 0 Å². The molecule has 0 unspecified atom stereocenters. The topological polar surface area (TPSA) is 52.7 Å². The minimum atomic E-state index is -0.0786. The number of piperidine rings is 1. The Morgan fingerprint density at radius 3 is 2.61 bits per heavy atom. The molecular weight excluding hydrogens is 334 g/mol. The van der Waals surface area contributed by atoms with Crippen LogP contribution in [0.2, 0.25) is 0 Å². The van der Waals surface area contributed by atoms with Gasteiger partial charge < -0.3 is 15.1 Å². The van der Waals surface area contributed by atoms with Gasteiger partial charge in [-0.05, 0) is 43.8 Å². The van der Waals surface area contributed by atoms with E-state index in [0.717, 1.165) is 38.9 Å². The third-order valence-electron chi connectivity index (χ3n) is 3.99. The normalized spacial score (nSPS) is 14.9. The van der Waals surface area contributed by atoms with Crippen molar-refractivity contribution in [2.24, 2.45) is 0 Å². The second-order valence-electron chi connectivity index (χ2n) is 5.71. The first-order valence-electron chi connectivity index (χ1n) is 7.92. The van der Waals surface area contributed by atoms with Crippen molar-refractivity contribution in [3.8, 4) is 0 Å². The van der Waals surface area contributed by atoms with Gasteiger partial charge >= 0.3 is 0 Å². The Morgan fingerprint density at radius 1 is 1.35 bits per heavy atom. The largest absolute Gasteiger partial charge is 0.338 e. The summed E-state index contributed by atoms with van der Waals surface area (Å²) in [6, 6.07) is 3.95. The average molecular weight is 360 g/mol. The lowest BCUT2D eigenvalue weighted by atomic mass is 10.0. The van der Waals surface area contributed by atoms with Crippen LogP contribution in [0.15, 0.2) is 17.5 Å². The van der Waals surface area contributed by atoms with Crippen LogP contribution in [0, 0.1) is 0 Å². The Morgan fingerprint density at radius 2 is 2.04 bits per heavy atom. The molecule has 0 radical (unpaired) electrons. The Kier molecular flexibility index (Phi) is 8.58. The maximum absolute atomic E-state index is 12.6. The fraction of sp³-hybridized carbons (Fsp3) is 0.625. The van der Waals surface area contributed by atoms with E-state index < -0.39 is 0 Å². The molecule has 7 heteroatoms. The summed E-state index contributed by atoms with van der Waals surface area (Å²) in [5.41, 5.74) is 0. The quantitative estimate of drug-likeness (QED) is 0.847. The summed E-state index contributed by atoms with van der Waals surface area (Å²) in [5.74, 6) is -0.0220. The standard InChI is InChI=1S/C16H25N3O2S.ClH/c1-3-10-19(13-6-8-17-9-7-13)15(20)12-18(2)16(21)14-5-4-11-22-14;/h4-5,11,13,17H,3,6-10,12H2,1-2H3;1H. The number of hydrogen-bond donors (Lipinski definition) is 1. The summed E-state index contributed by atoms with van der Waals surface area (Å²) in [6.07, 6.45) is 2.93. The van der Waals surface area contributed by atoms with E-state index in [0.29, 0.717) is 10.9 Å². The molecule has 1 aliphatic heterocycles. The van der Waals surface area contributed by atoms with Crippen molar-refractivity contribution in [1.29, 1.82) is 0 Å². The van der Waals surface area contributed by atoms with Crippen molar-refractivity contribution in [3.05, 3.63) is 22.4 Å². The Bertz CT molecular complexity index is 490. The number of carbonyl (C=O) groups excluding carboxylic acids is 2. The third kappa shape index (κ3) is 5.48. The van der Waals surface area contributed by atoms with Gasteiger partial charge in [0.1, 0.15) is 0 Å². The summed E-state index contributed by atoms with van der Waals surface area (Å²) in [6.45, 7) is 4.93. The smallest absolute Gasteiger partial charge is 0.264 e. The summed E-state index contributed by atoms with van der Waals surface area (Å²) < 4.78 is 0. The summed E-state index contributed by atoms with van der Waals surface area (Å²) in [4.78, 5) is 29.1. The number of thiophene rings is 1. The van der Waals surface area contributed by atoms with Crippen LogP contribution in [0.1, 0.15) is 35.9 Å². The Balaban J connectivity index is 0.00000264. The minimum Gasteiger partial charge on any atom is -0.338 e. The van der Waals surface area contributed by atoms with Crippen molar-refractivity contribution in [3.63, 3.8) is 0 Å². The lowest BCUT2D eigenvalue weighted by Crippen LogP contribution is -2.49. The molecule has 1 N–H and O–H groups in total. The van der Waals surface area contributed by atoms with E-state index in [1.165, 1.54) is 16.2 Å². The van der Waals surface area contributed by atoms with Crippen molar-refractivity contribution >= 4 is 35.6 Å². The summed E-state index contributed by atoms with van der Waals surface area (Å²) in [5, 5.41) is 5.20. The first-order chi connectivity index (χ1) is 10.6. The molecule has 130 valence electrons. The number of rotatable bonds is 6. The molecule has 23 heavy (non-hydrogen) atoms. The molecule has 0 saturated carbocycles. The molecular formula is C16H26ClN3O2S. The van der Waals surface area contributed by atoms with Crippen LogP contribution in [0.4, 0.5) is 0 Å². The van der Waals surface area contributed by atoms with E-state index in [4.69, 9.17) is 0 Å². The fourth-order valence-electron chi connectivity index (χ4n) is 2.82. The Hall–Kier alpha value is -1.11.